The van der Waals surface area contributed by atoms with Crippen molar-refractivity contribution in [1.82, 2.24) is 10.2 Å². The SMILES string of the molecule is CB(O)NNS(=O)(=O)c1ccccc1/C(=C1/C=C(Br)C(=O)C(Br)=C1C)c1cc(Br)c(O)c(Br)c1C. The quantitative estimate of drug-likeness (QED) is 0.231. The number of carbonyl (C=O) groups is 1. The first-order valence-electron chi connectivity index (χ1n) is 10.0. The lowest BCUT2D eigenvalue weighted by Crippen LogP contribution is -2.45. The summed E-state index contributed by atoms with van der Waals surface area (Å²) in [7, 11) is -5.25. The summed E-state index contributed by atoms with van der Waals surface area (Å²) in [5, 5.41) is 22.3. The molecule has 0 aliphatic heterocycles. The highest BCUT2D eigenvalue weighted by atomic mass is 79.9. The molecule has 0 atom stereocenters. The molecule has 0 radical (unpaired) electrons. The van der Waals surface area contributed by atoms with Crippen molar-refractivity contribution in [3.05, 3.63) is 82.2 Å². The Labute approximate surface area is 237 Å². The van der Waals surface area contributed by atoms with Gasteiger partial charge in [0, 0.05) is 5.56 Å². The van der Waals surface area contributed by atoms with E-state index in [4.69, 9.17) is 0 Å². The lowest BCUT2D eigenvalue weighted by atomic mass is 9.85. The molecule has 0 unspecified atom stereocenters. The molecule has 1 aliphatic rings. The number of sulfonamides is 1. The second-order valence-corrected chi connectivity index (χ2v) is 12.6. The number of nitrogens with one attached hydrogen (secondary N) is 2. The molecule has 7 nitrogen and oxygen atoms in total. The van der Waals surface area contributed by atoms with Gasteiger partial charge in [-0.2, -0.15) is 4.83 Å². The van der Waals surface area contributed by atoms with Crippen LogP contribution in [0.15, 0.2) is 70.4 Å². The maximum atomic E-state index is 13.2. The van der Waals surface area contributed by atoms with Crippen LogP contribution in [0.25, 0.3) is 5.57 Å². The Hall–Kier alpha value is -1.06. The van der Waals surface area contributed by atoms with Gasteiger partial charge in [0.05, 0.1) is 22.8 Å². The van der Waals surface area contributed by atoms with E-state index in [1.54, 1.807) is 44.2 Å². The van der Waals surface area contributed by atoms with Gasteiger partial charge in [0.25, 0.3) is 10.0 Å². The molecule has 0 amide bonds. The Morgan fingerprint density at radius 2 is 1.69 bits per heavy atom. The number of aromatic hydroxyl groups is 1. The van der Waals surface area contributed by atoms with Crippen molar-refractivity contribution >= 4 is 92.1 Å². The number of allylic oxidation sites excluding steroid dienone is 5. The van der Waals surface area contributed by atoms with Gasteiger partial charge in [-0.25, -0.2) is 8.42 Å². The predicted octanol–water partition coefficient (Wildman–Crippen LogP) is 5.45. The second kappa shape index (κ2) is 11.1. The Morgan fingerprint density at radius 1 is 1.06 bits per heavy atom. The van der Waals surface area contributed by atoms with Crippen molar-refractivity contribution < 1.29 is 23.3 Å². The standard InChI is InChI=1S/C22H19BBr4N2O5S/c1-10-13(8-15(24)21(30)19(10)26)18(14-9-16(25)22(31)20(27)11(14)2)12-6-4-5-7-17(12)35(33,34)29-28-23(3)32/h4-9,28-30,32H,1-3H3/b18-14+. The third kappa shape index (κ3) is 5.77. The third-order valence-electron chi connectivity index (χ3n) is 5.25. The molecule has 0 bridgehead atoms. The van der Waals surface area contributed by atoms with Crippen molar-refractivity contribution in [2.24, 2.45) is 0 Å². The number of Topliss-reactive ketones (excluding diaryl/α,β-unsaturated/α-hetero) is 1. The van der Waals surface area contributed by atoms with Crippen LogP contribution in [-0.4, -0.2) is 31.4 Å². The average Bonchev–Trinajstić information content (AvgIpc) is 2.81. The van der Waals surface area contributed by atoms with Crippen LogP contribution < -0.4 is 10.2 Å². The number of ketones is 1. The molecule has 184 valence electrons. The van der Waals surface area contributed by atoms with E-state index >= 15 is 0 Å². The maximum Gasteiger partial charge on any atom is 0.388 e. The Bertz CT molecular complexity index is 1440. The van der Waals surface area contributed by atoms with E-state index in [1.807, 2.05) is 0 Å². The molecule has 0 fully saturated rings. The predicted molar refractivity (Wildman–Crippen MR) is 152 cm³/mol. The number of hydrogen-bond donors (Lipinski definition) is 4. The van der Waals surface area contributed by atoms with Gasteiger partial charge in [-0.1, -0.05) is 18.2 Å². The molecular formula is C22H19BBr4N2O5S. The Morgan fingerprint density at radius 3 is 2.31 bits per heavy atom. The monoisotopic (exact) mass is 750 g/mol. The highest BCUT2D eigenvalue weighted by molar-refractivity contribution is 9.13. The highest BCUT2D eigenvalue weighted by Crippen LogP contribution is 2.45. The van der Waals surface area contributed by atoms with E-state index in [1.165, 1.54) is 12.9 Å². The van der Waals surface area contributed by atoms with Crippen LogP contribution in [-0.2, 0) is 14.8 Å². The first kappa shape index (κ1) is 28.5. The van der Waals surface area contributed by atoms with Crippen LogP contribution in [0.5, 0.6) is 5.75 Å². The fourth-order valence-corrected chi connectivity index (χ4v) is 6.87. The minimum absolute atomic E-state index is 0.00305. The summed E-state index contributed by atoms with van der Waals surface area (Å²) < 4.78 is 28.0. The minimum Gasteiger partial charge on any atom is -0.506 e. The number of rotatable bonds is 6. The fourth-order valence-electron chi connectivity index (χ4n) is 3.48. The van der Waals surface area contributed by atoms with E-state index in [9.17, 15) is 23.3 Å². The van der Waals surface area contributed by atoms with Crippen LogP contribution in [0.2, 0.25) is 6.82 Å². The van der Waals surface area contributed by atoms with Crippen LogP contribution in [0.1, 0.15) is 23.6 Å². The third-order valence-corrected chi connectivity index (χ3v) is 9.69. The van der Waals surface area contributed by atoms with E-state index in [0.717, 1.165) is 0 Å². The molecule has 13 heteroatoms. The zero-order valence-corrected chi connectivity index (χ0v) is 25.7. The fraction of sp³-hybridized carbons (Fsp3) is 0.136. The summed E-state index contributed by atoms with van der Waals surface area (Å²) in [6.07, 6.45) is 1.65. The molecule has 0 spiro atoms. The van der Waals surface area contributed by atoms with Crippen molar-refractivity contribution in [3.8, 4) is 5.75 Å². The second-order valence-electron chi connectivity index (χ2n) is 7.66. The maximum absolute atomic E-state index is 13.2. The number of carbonyl (C=O) groups excluding carboxylic acids is 1. The lowest BCUT2D eigenvalue weighted by Gasteiger charge is -2.23. The van der Waals surface area contributed by atoms with Crippen LogP contribution >= 0.6 is 63.7 Å². The molecule has 35 heavy (non-hydrogen) atoms. The smallest absolute Gasteiger partial charge is 0.388 e. The molecule has 2 aromatic rings. The number of benzene rings is 2. The molecule has 0 saturated heterocycles. The Kier molecular flexibility index (Phi) is 9.07. The van der Waals surface area contributed by atoms with Crippen molar-refractivity contribution in [2.45, 2.75) is 25.6 Å². The summed E-state index contributed by atoms with van der Waals surface area (Å²) in [4.78, 5) is 14.7. The largest absolute Gasteiger partial charge is 0.506 e. The zero-order chi connectivity index (χ0) is 26.2. The summed E-state index contributed by atoms with van der Waals surface area (Å²) >= 11 is 13.5. The Balaban J connectivity index is 2.49. The number of phenolic OH excluding ortho intramolecular Hbond substituents is 1. The molecule has 0 heterocycles. The van der Waals surface area contributed by atoms with Gasteiger partial charge < -0.3 is 10.1 Å². The minimum atomic E-state index is -4.13. The van der Waals surface area contributed by atoms with E-state index in [-0.39, 0.29) is 16.4 Å². The lowest BCUT2D eigenvalue weighted by molar-refractivity contribution is -0.111. The number of hydrogen-bond acceptors (Lipinski definition) is 6. The van der Waals surface area contributed by atoms with Gasteiger partial charge in [0.15, 0.2) is 0 Å². The highest BCUT2D eigenvalue weighted by Gasteiger charge is 2.29. The summed E-state index contributed by atoms with van der Waals surface area (Å²) in [5.41, 5.74) is 3.34. The van der Waals surface area contributed by atoms with Crippen LogP contribution in [0, 0.1) is 6.92 Å². The first-order chi connectivity index (χ1) is 16.3. The van der Waals surface area contributed by atoms with Crippen LogP contribution in [0.4, 0.5) is 0 Å². The summed E-state index contributed by atoms with van der Waals surface area (Å²) in [6, 6.07) is 8.10. The first-order valence-corrected chi connectivity index (χ1v) is 14.7. The zero-order valence-electron chi connectivity index (χ0n) is 18.6. The molecule has 0 saturated carbocycles. The van der Waals surface area contributed by atoms with Gasteiger partial charge in [-0.15, -0.1) is 0 Å². The van der Waals surface area contributed by atoms with Gasteiger partial charge in [-0.05, 0) is 130 Å². The van der Waals surface area contributed by atoms with Crippen molar-refractivity contribution in [1.29, 1.82) is 0 Å². The molecule has 1 aliphatic carbocycles. The molecular weight excluding hydrogens is 735 g/mol. The van der Waals surface area contributed by atoms with Gasteiger partial charge >= 0.3 is 7.05 Å². The van der Waals surface area contributed by atoms with Gasteiger partial charge in [-0.3, -0.25) is 10.1 Å². The number of hydrazine groups is 1. The molecule has 0 aromatic heterocycles. The molecule has 3 rings (SSSR count). The number of phenols is 1. The summed E-state index contributed by atoms with van der Waals surface area (Å²) in [6.45, 7) is 4.93. The van der Waals surface area contributed by atoms with Crippen molar-refractivity contribution in [3.63, 3.8) is 0 Å². The normalized spacial score (nSPS) is 15.9. The number of halogens is 4. The van der Waals surface area contributed by atoms with Gasteiger partial charge in [0.1, 0.15) is 5.75 Å². The van der Waals surface area contributed by atoms with Crippen molar-refractivity contribution in [2.75, 3.05) is 0 Å². The van der Waals surface area contributed by atoms with Crippen LogP contribution in [0.3, 0.4) is 0 Å². The van der Waals surface area contributed by atoms with Gasteiger partial charge in [0.2, 0.25) is 5.78 Å². The summed E-state index contributed by atoms with van der Waals surface area (Å²) in [5.74, 6) is -0.234. The topological polar surface area (TPSA) is 116 Å². The van der Waals surface area contributed by atoms with E-state index in [0.29, 0.717) is 51.3 Å². The average molecular weight is 754 g/mol. The van der Waals surface area contributed by atoms with E-state index in [2.05, 4.69) is 73.9 Å². The van der Waals surface area contributed by atoms with E-state index < -0.39 is 17.1 Å². The molecule has 4 N–H and O–H groups in total. The molecule has 2 aromatic carbocycles.